The van der Waals surface area contributed by atoms with Crippen LogP contribution < -0.4 is 5.73 Å². The van der Waals surface area contributed by atoms with Gasteiger partial charge in [-0.1, -0.05) is 36.4 Å². The highest BCUT2D eigenvalue weighted by Crippen LogP contribution is 1.99. The van der Waals surface area contributed by atoms with E-state index >= 15 is 0 Å². The van der Waals surface area contributed by atoms with Gasteiger partial charge in [-0.2, -0.15) is 0 Å². The first-order chi connectivity index (χ1) is 5.79. The first-order valence-electron chi connectivity index (χ1n) is 3.93. The number of nitrogens with two attached hydrogens (primary N) is 1. The minimum atomic E-state index is -0.839. The summed E-state index contributed by atoms with van der Waals surface area (Å²) < 4.78 is 0. The van der Waals surface area contributed by atoms with Gasteiger partial charge in [0.25, 0.3) is 0 Å². The summed E-state index contributed by atoms with van der Waals surface area (Å²) in [6.45, 7) is 0. The van der Waals surface area contributed by atoms with Crippen LogP contribution in [0.4, 0.5) is 0 Å². The molecule has 3 N–H and O–H groups in total. The van der Waals surface area contributed by atoms with Crippen molar-refractivity contribution in [2.45, 2.75) is 12.6 Å². The Hall–Kier alpha value is -1.12. The van der Waals surface area contributed by atoms with Gasteiger partial charge in [0, 0.05) is 0 Å². The maximum atomic E-state index is 8.72. The highest BCUT2D eigenvalue weighted by atomic mass is 16.3. The van der Waals surface area contributed by atoms with Crippen LogP contribution in [0.15, 0.2) is 42.5 Å². The SMILES string of the molecule is NC(O)C=CCc1ccccc1. The first kappa shape index (κ1) is 8.97. The Kier molecular flexibility index (Phi) is 3.51. The van der Waals surface area contributed by atoms with Crippen LogP contribution in [0.3, 0.4) is 0 Å². The van der Waals surface area contributed by atoms with Gasteiger partial charge in [-0.25, -0.2) is 0 Å². The van der Waals surface area contributed by atoms with Crippen LogP contribution in [0.25, 0.3) is 0 Å². The lowest BCUT2D eigenvalue weighted by atomic mass is 10.1. The van der Waals surface area contributed by atoms with Crippen LogP contribution in [-0.2, 0) is 6.42 Å². The molecular weight excluding hydrogens is 150 g/mol. The van der Waals surface area contributed by atoms with Crippen molar-refractivity contribution in [2.24, 2.45) is 5.73 Å². The third-order valence-corrected chi connectivity index (χ3v) is 1.53. The lowest BCUT2D eigenvalue weighted by Crippen LogP contribution is -2.14. The van der Waals surface area contributed by atoms with Gasteiger partial charge in [-0.05, 0) is 18.1 Å². The molecule has 0 aromatic heterocycles. The summed E-state index contributed by atoms with van der Waals surface area (Å²) in [6, 6.07) is 10.0. The van der Waals surface area contributed by atoms with Crippen molar-refractivity contribution in [1.29, 1.82) is 0 Å². The van der Waals surface area contributed by atoms with Crippen molar-refractivity contribution >= 4 is 0 Å². The Morgan fingerprint density at radius 3 is 2.58 bits per heavy atom. The van der Waals surface area contributed by atoms with Crippen molar-refractivity contribution in [3.8, 4) is 0 Å². The molecular formula is C10H13NO. The summed E-state index contributed by atoms with van der Waals surface area (Å²) in [5, 5.41) is 8.72. The number of hydrogen-bond donors (Lipinski definition) is 2. The van der Waals surface area contributed by atoms with Gasteiger partial charge < -0.3 is 10.8 Å². The zero-order valence-electron chi connectivity index (χ0n) is 6.85. The number of rotatable bonds is 3. The van der Waals surface area contributed by atoms with Gasteiger partial charge in [0.1, 0.15) is 6.23 Å². The van der Waals surface area contributed by atoms with E-state index in [0.29, 0.717) is 0 Å². The zero-order chi connectivity index (χ0) is 8.81. The van der Waals surface area contributed by atoms with E-state index in [1.807, 2.05) is 36.4 Å². The third-order valence-electron chi connectivity index (χ3n) is 1.53. The average Bonchev–Trinajstić information content (AvgIpc) is 2.05. The molecule has 0 spiro atoms. The van der Waals surface area contributed by atoms with E-state index in [1.54, 1.807) is 6.08 Å². The van der Waals surface area contributed by atoms with Crippen LogP contribution in [0.5, 0.6) is 0 Å². The Bertz CT molecular complexity index is 241. The van der Waals surface area contributed by atoms with Crippen molar-refractivity contribution in [2.75, 3.05) is 0 Å². The number of hydrogen-bond acceptors (Lipinski definition) is 2. The molecule has 0 saturated heterocycles. The molecule has 1 unspecified atom stereocenters. The fourth-order valence-electron chi connectivity index (χ4n) is 0.958. The minimum Gasteiger partial charge on any atom is -0.375 e. The van der Waals surface area contributed by atoms with Crippen LogP contribution in [0.2, 0.25) is 0 Å². The monoisotopic (exact) mass is 163 g/mol. The Morgan fingerprint density at radius 1 is 1.33 bits per heavy atom. The molecule has 0 radical (unpaired) electrons. The number of allylic oxidation sites excluding steroid dienone is 1. The Balaban J connectivity index is 2.43. The molecule has 1 aromatic rings. The topological polar surface area (TPSA) is 46.2 Å². The zero-order valence-corrected chi connectivity index (χ0v) is 6.85. The van der Waals surface area contributed by atoms with Crippen molar-refractivity contribution in [3.63, 3.8) is 0 Å². The Morgan fingerprint density at radius 2 is 2.00 bits per heavy atom. The van der Waals surface area contributed by atoms with E-state index in [4.69, 9.17) is 10.8 Å². The molecule has 0 aliphatic carbocycles. The van der Waals surface area contributed by atoms with E-state index < -0.39 is 6.23 Å². The molecule has 2 heteroatoms. The molecule has 1 rings (SSSR count). The maximum Gasteiger partial charge on any atom is 0.121 e. The standard InChI is InChI=1S/C10H13NO/c11-10(12)8-4-7-9-5-2-1-3-6-9/h1-6,8,10,12H,7,11H2. The predicted molar refractivity (Wildman–Crippen MR) is 49.5 cm³/mol. The smallest absolute Gasteiger partial charge is 0.121 e. The second-order valence-electron chi connectivity index (χ2n) is 2.61. The largest absolute Gasteiger partial charge is 0.375 e. The highest BCUT2D eigenvalue weighted by molar-refractivity contribution is 5.17. The fraction of sp³-hybridized carbons (Fsp3) is 0.200. The van der Waals surface area contributed by atoms with E-state index in [1.165, 1.54) is 5.56 Å². The molecule has 64 valence electrons. The molecule has 12 heavy (non-hydrogen) atoms. The molecule has 2 nitrogen and oxygen atoms in total. The highest BCUT2D eigenvalue weighted by Gasteiger charge is 1.87. The van der Waals surface area contributed by atoms with Crippen LogP contribution in [0.1, 0.15) is 5.56 Å². The third kappa shape index (κ3) is 3.32. The molecule has 0 saturated carbocycles. The maximum absolute atomic E-state index is 8.72. The molecule has 0 heterocycles. The summed E-state index contributed by atoms with van der Waals surface area (Å²) in [4.78, 5) is 0. The van der Waals surface area contributed by atoms with Crippen LogP contribution >= 0.6 is 0 Å². The van der Waals surface area contributed by atoms with Gasteiger partial charge in [0.15, 0.2) is 0 Å². The Labute approximate surface area is 72.3 Å². The van der Waals surface area contributed by atoms with Crippen LogP contribution in [0, 0.1) is 0 Å². The quantitative estimate of drug-likeness (QED) is 0.517. The van der Waals surface area contributed by atoms with Gasteiger partial charge in [-0.15, -0.1) is 0 Å². The van der Waals surface area contributed by atoms with Gasteiger partial charge in [0.2, 0.25) is 0 Å². The second-order valence-corrected chi connectivity index (χ2v) is 2.61. The van der Waals surface area contributed by atoms with E-state index in [9.17, 15) is 0 Å². The van der Waals surface area contributed by atoms with E-state index in [2.05, 4.69) is 0 Å². The number of aliphatic hydroxyl groups excluding tert-OH is 1. The number of aliphatic hydroxyl groups is 1. The summed E-state index contributed by atoms with van der Waals surface area (Å²) in [6.07, 6.45) is 3.41. The summed E-state index contributed by atoms with van der Waals surface area (Å²) in [7, 11) is 0. The lowest BCUT2D eigenvalue weighted by Gasteiger charge is -1.95. The van der Waals surface area contributed by atoms with Gasteiger partial charge in [-0.3, -0.25) is 0 Å². The summed E-state index contributed by atoms with van der Waals surface area (Å²) >= 11 is 0. The summed E-state index contributed by atoms with van der Waals surface area (Å²) in [5.74, 6) is 0. The van der Waals surface area contributed by atoms with Gasteiger partial charge in [0.05, 0.1) is 0 Å². The van der Waals surface area contributed by atoms with E-state index in [-0.39, 0.29) is 0 Å². The molecule has 0 bridgehead atoms. The first-order valence-corrected chi connectivity index (χ1v) is 3.93. The minimum absolute atomic E-state index is 0.815. The van der Waals surface area contributed by atoms with Crippen molar-refractivity contribution in [1.82, 2.24) is 0 Å². The van der Waals surface area contributed by atoms with Crippen LogP contribution in [-0.4, -0.2) is 11.3 Å². The molecule has 1 aromatic carbocycles. The fourth-order valence-corrected chi connectivity index (χ4v) is 0.958. The van der Waals surface area contributed by atoms with Crippen molar-refractivity contribution in [3.05, 3.63) is 48.0 Å². The molecule has 0 fully saturated rings. The summed E-state index contributed by atoms with van der Waals surface area (Å²) in [5.41, 5.74) is 6.34. The molecule has 0 aliphatic rings. The normalized spacial score (nSPS) is 13.5. The molecule has 1 atom stereocenters. The van der Waals surface area contributed by atoms with Crippen molar-refractivity contribution < 1.29 is 5.11 Å². The predicted octanol–water partition coefficient (Wildman–Crippen LogP) is 1.06. The molecule has 0 aliphatic heterocycles. The van der Waals surface area contributed by atoms with Gasteiger partial charge >= 0.3 is 0 Å². The second kappa shape index (κ2) is 4.70. The average molecular weight is 163 g/mol. The lowest BCUT2D eigenvalue weighted by molar-refractivity contribution is 0.231. The molecule has 0 amide bonds. The van der Waals surface area contributed by atoms with E-state index in [0.717, 1.165) is 6.42 Å². The number of benzene rings is 1.